The molecule has 5 rings (SSSR count). The summed E-state index contributed by atoms with van der Waals surface area (Å²) in [4.78, 5) is 37.8. The van der Waals surface area contributed by atoms with Crippen molar-refractivity contribution in [2.24, 2.45) is 11.3 Å². The Hall–Kier alpha value is -2.11. The highest BCUT2D eigenvalue weighted by Crippen LogP contribution is 2.64. The summed E-state index contributed by atoms with van der Waals surface area (Å²) in [5.41, 5.74) is 0.885. The molecule has 1 aliphatic heterocycles. The zero-order valence-electron chi connectivity index (χ0n) is 14.8. The van der Waals surface area contributed by atoms with Gasteiger partial charge >= 0.3 is 0 Å². The molecule has 1 saturated carbocycles. The first-order valence-electron chi connectivity index (χ1n) is 9.07. The van der Waals surface area contributed by atoms with Gasteiger partial charge < -0.3 is 9.84 Å². The number of ketones is 3. The molecule has 4 atom stereocenters. The summed E-state index contributed by atoms with van der Waals surface area (Å²) in [6.07, 6.45) is 5.16. The van der Waals surface area contributed by atoms with Crippen LogP contribution in [-0.2, 0) is 10.2 Å². The molecule has 1 heterocycles. The number of rotatable bonds is 0. The van der Waals surface area contributed by atoms with Crippen LogP contribution in [0.2, 0.25) is 0 Å². The molecule has 0 radical (unpaired) electrons. The zero-order chi connectivity index (χ0) is 18.5. The molecule has 0 aromatic heterocycles. The number of fused-ring (bicyclic) bond motifs is 3. The lowest BCUT2D eigenvalue weighted by molar-refractivity contribution is -0.176. The van der Waals surface area contributed by atoms with Gasteiger partial charge in [-0.1, -0.05) is 20.3 Å². The van der Waals surface area contributed by atoms with Crippen LogP contribution in [0, 0.1) is 11.3 Å². The molecule has 134 valence electrons. The average molecular weight is 352 g/mol. The highest BCUT2D eigenvalue weighted by molar-refractivity contribution is 6.23. The Balaban J connectivity index is 1.83. The molecule has 5 heteroatoms. The number of carbonyl (C=O) groups is 3. The van der Waals surface area contributed by atoms with Crippen molar-refractivity contribution in [1.82, 2.24) is 0 Å². The Labute approximate surface area is 151 Å². The van der Waals surface area contributed by atoms with Crippen molar-refractivity contribution in [3.63, 3.8) is 0 Å². The largest absolute Gasteiger partial charge is 0.359 e. The lowest BCUT2D eigenvalue weighted by Gasteiger charge is -2.54. The molecular weight excluding hydrogens is 332 g/mol. The van der Waals surface area contributed by atoms with Gasteiger partial charge in [-0.3, -0.25) is 14.4 Å². The third kappa shape index (κ3) is 1.66. The number of carbonyl (C=O) groups excluding carboxylic acids is 3. The zero-order valence-corrected chi connectivity index (χ0v) is 14.8. The maximum absolute atomic E-state index is 13.2. The molecule has 1 aromatic rings. The van der Waals surface area contributed by atoms with Gasteiger partial charge in [-0.05, 0) is 42.7 Å². The maximum Gasteiger partial charge on any atom is 0.235 e. The SMILES string of the molecule is CC12CCCC3(C)c4cc5c(cc4C(=O)C(O)(OC1)C23)C(=O)C=CC5=O. The van der Waals surface area contributed by atoms with Gasteiger partial charge in [0.1, 0.15) is 0 Å². The van der Waals surface area contributed by atoms with Crippen LogP contribution >= 0.6 is 0 Å². The van der Waals surface area contributed by atoms with Crippen LogP contribution in [0.1, 0.15) is 69.7 Å². The molecule has 4 aliphatic rings. The van der Waals surface area contributed by atoms with E-state index in [0.29, 0.717) is 17.7 Å². The first kappa shape index (κ1) is 16.1. The molecule has 0 bridgehead atoms. The van der Waals surface area contributed by atoms with E-state index in [0.717, 1.165) is 24.8 Å². The second-order valence-corrected chi connectivity index (χ2v) is 8.68. The fraction of sp³-hybridized carbons (Fsp3) is 0.476. The number of allylic oxidation sites excluding steroid dienone is 2. The van der Waals surface area contributed by atoms with Crippen LogP contribution in [0.4, 0.5) is 0 Å². The summed E-state index contributed by atoms with van der Waals surface area (Å²) in [7, 11) is 0. The van der Waals surface area contributed by atoms with Crippen LogP contribution in [0.3, 0.4) is 0 Å². The molecule has 1 aromatic carbocycles. The van der Waals surface area contributed by atoms with Crippen molar-refractivity contribution in [2.75, 3.05) is 6.61 Å². The molecule has 1 N–H and O–H groups in total. The summed E-state index contributed by atoms with van der Waals surface area (Å²) in [6, 6.07) is 3.21. The second-order valence-electron chi connectivity index (χ2n) is 8.68. The number of hydrogen-bond donors (Lipinski definition) is 1. The predicted molar refractivity (Wildman–Crippen MR) is 92.3 cm³/mol. The highest BCUT2D eigenvalue weighted by atomic mass is 16.6. The van der Waals surface area contributed by atoms with Crippen molar-refractivity contribution in [3.05, 3.63) is 46.5 Å². The number of benzene rings is 1. The molecule has 2 fully saturated rings. The monoisotopic (exact) mass is 352 g/mol. The molecule has 26 heavy (non-hydrogen) atoms. The quantitative estimate of drug-likeness (QED) is 0.776. The smallest absolute Gasteiger partial charge is 0.235 e. The van der Waals surface area contributed by atoms with E-state index in [1.165, 1.54) is 18.2 Å². The normalized spacial score (nSPS) is 40.3. The Morgan fingerprint density at radius 1 is 1.00 bits per heavy atom. The molecule has 3 aliphatic carbocycles. The third-order valence-corrected chi connectivity index (χ3v) is 7.05. The summed E-state index contributed by atoms with van der Waals surface area (Å²) >= 11 is 0. The minimum atomic E-state index is -1.86. The first-order valence-corrected chi connectivity index (χ1v) is 9.07. The van der Waals surface area contributed by atoms with Crippen LogP contribution < -0.4 is 0 Å². The van der Waals surface area contributed by atoms with Crippen molar-refractivity contribution in [2.45, 2.75) is 44.3 Å². The van der Waals surface area contributed by atoms with Crippen molar-refractivity contribution in [1.29, 1.82) is 0 Å². The summed E-state index contributed by atoms with van der Waals surface area (Å²) in [5.74, 6) is -3.23. The van der Waals surface area contributed by atoms with Gasteiger partial charge in [0, 0.05) is 33.4 Å². The van der Waals surface area contributed by atoms with E-state index in [9.17, 15) is 19.5 Å². The molecule has 4 unspecified atom stereocenters. The molecule has 5 nitrogen and oxygen atoms in total. The van der Waals surface area contributed by atoms with Gasteiger partial charge in [-0.25, -0.2) is 0 Å². The Morgan fingerprint density at radius 2 is 1.65 bits per heavy atom. The molecule has 0 amide bonds. The van der Waals surface area contributed by atoms with Gasteiger partial charge in [0.05, 0.1) is 6.61 Å². The predicted octanol–water partition coefficient (Wildman–Crippen LogP) is 2.60. The number of ether oxygens (including phenoxy) is 1. The van der Waals surface area contributed by atoms with Crippen LogP contribution in [-0.4, -0.2) is 34.9 Å². The van der Waals surface area contributed by atoms with Crippen molar-refractivity contribution >= 4 is 17.3 Å². The summed E-state index contributed by atoms with van der Waals surface area (Å²) in [6.45, 7) is 4.46. The van der Waals surface area contributed by atoms with Crippen molar-refractivity contribution < 1.29 is 24.2 Å². The summed E-state index contributed by atoms with van der Waals surface area (Å²) < 4.78 is 5.73. The van der Waals surface area contributed by atoms with Crippen molar-refractivity contribution in [3.8, 4) is 0 Å². The van der Waals surface area contributed by atoms with Gasteiger partial charge in [-0.2, -0.15) is 0 Å². The number of Topliss-reactive ketones (excluding diaryl/α,β-unsaturated/α-hetero) is 1. The third-order valence-electron chi connectivity index (χ3n) is 7.05. The van der Waals surface area contributed by atoms with E-state index in [-0.39, 0.29) is 28.5 Å². The standard InChI is InChI=1S/C21H20O5/c1-19-6-3-7-20(2)14-9-12-11(15(22)4-5-16(12)23)8-13(14)17(24)21(25,18(19)20)26-10-19/h4-5,8-9,18,25H,3,6-7,10H2,1-2H3. The van der Waals surface area contributed by atoms with Crippen LogP contribution in [0.25, 0.3) is 0 Å². The number of aliphatic hydroxyl groups is 1. The Bertz CT molecular complexity index is 944. The van der Waals surface area contributed by atoms with Gasteiger partial charge in [0.25, 0.3) is 0 Å². The fourth-order valence-electron chi connectivity index (χ4n) is 6.01. The average Bonchev–Trinajstić information content (AvgIpc) is 2.90. The van der Waals surface area contributed by atoms with Gasteiger partial charge in [0.15, 0.2) is 11.6 Å². The van der Waals surface area contributed by atoms with E-state index in [1.54, 1.807) is 6.07 Å². The van der Waals surface area contributed by atoms with E-state index in [2.05, 4.69) is 13.8 Å². The van der Waals surface area contributed by atoms with E-state index < -0.39 is 17.0 Å². The lowest BCUT2D eigenvalue weighted by Crippen LogP contribution is -2.61. The summed E-state index contributed by atoms with van der Waals surface area (Å²) in [5, 5.41) is 11.2. The first-order chi connectivity index (χ1) is 12.2. The molecule has 0 spiro atoms. The topological polar surface area (TPSA) is 80.7 Å². The second kappa shape index (κ2) is 4.59. The van der Waals surface area contributed by atoms with Gasteiger partial charge in [0.2, 0.25) is 11.6 Å². The Morgan fingerprint density at radius 3 is 2.35 bits per heavy atom. The number of hydrogen-bond acceptors (Lipinski definition) is 5. The lowest BCUT2D eigenvalue weighted by atomic mass is 9.49. The maximum atomic E-state index is 13.2. The van der Waals surface area contributed by atoms with Crippen LogP contribution in [0.15, 0.2) is 24.3 Å². The fourth-order valence-corrected chi connectivity index (χ4v) is 6.01. The molecular formula is C21H20O5. The van der Waals surface area contributed by atoms with E-state index in [1.807, 2.05) is 0 Å². The minimum Gasteiger partial charge on any atom is -0.359 e. The van der Waals surface area contributed by atoms with Gasteiger partial charge in [-0.15, -0.1) is 0 Å². The Kier molecular flexibility index (Phi) is 2.84. The highest BCUT2D eigenvalue weighted by Gasteiger charge is 2.70. The van der Waals surface area contributed by atoms with E-state index in [4.69, 9.17) is 4.74 Å². The van der Waals surface area contributed by atoms with E-state index >= 15 is 0 Å². The minimum absolute atomic E-state index is 0.222. The van der Waals surface area contributed by atoms with Crippen LogP contribution in [0.5, 0.6) is 0 Å². The molecule has 1 saturated heterocycles.